The maximum atomic E-state index is 8.71. The highest BCUT2D eigenvalue weighted by atomic mass is 15.5. The first kappa shape index (κ1) is 8.53. The largest absolute Gasteiger partial charge is 0.381 e. The summed E-state index contributed by atoms with van der Waals surface area (Å²) in [5.74, 6) is 0.378. The topological polar surface area (TPSA) is 80.5 Å². The number of nitriles is 1. The molecule has 0 amide bonds. The quantitative estimate of drug-likeness (QED) is 0.688. The molecule has 0 bridgehead atoms. The average Bonchev–Trinajstić information content (AvgIpc) is 2.35. The van der Waals surface area contributed by atoms with E-state index in [-0.39, 0.29) is 0 Å². The van der Waals surface area contributed by atoms with Crippen molar-refractivity contribution in [1.82, 2.24) is 15.0 Å². The summed E-state index contributed by atoms with van der Waals surface area (Å²) in [6.07, 6.45) is 1.47. The molecule has 0 unspecified atom stereocenters. The van der Waals surface area contributed by atoms with Crippen LogP contribution in [0.15, 0.2) is 6.20 Å². The fourth-order valence-corrected chi connectivity index (χ4v) is 0.776. The van der Waals surface area contributed by atoms with Crippen molar-refractivity contribution in [3.05, 3.63) is 6.20 Å². The number of rotatable bonds is 2. The molecule has 0 saturated carbocycles. The smallest absolute Gasteiger partial charge is 0.165 e. The van der Waals surface area contributed by atoms with Crippen LogP contribution in [-0.2, 0) is 6.54 Å². The Morgan fingerprint density at radius 2 is 2.42 bits per heavy atom. The molecule has 0 fully saturated rings. The molecule has 0 radical (unpaired) electrons. The molecule has 12 heavy (non-hydrogen) atoms. The van der Waals surface area contributed by atoms with E-state index in [0.717, 1.165) is 0 Å². The van der Waals surface area contributed by atoms with Crippen molar-refractivity contribution < 1.29 is 0 Å². The average molecular weight is 165 g/mol. The monoisotopic (exact) mass is 165 g/mol. The zero-order valence-electron chi connectivity index (χ0n) is 7.15. The van der Waals surface area contributed by atoms with Crippen LogP contribution in [-0.4, -0.2) is 15.0 Å². The van der Waals surface area contributed by atoms with Crippen molar-refractivity contribution >= 4 is 5.82 Å². The predicted molar refractivity (Wildman–Crippen MR) is 43.8 cm³/mol. The fourth-order valence-electron chi connectivity index (χ4n) is 0.776. The lowest BCUT2D eigenvalue weighted by molar-refractivity contribution is 0.356. The number of hydrogen-bond donors (Lipinski definition) is 1. The summed E-state index contributed by atoms with van der Waals surface area (Å²) in [5, 5.41) is 16.5. The van der Waals surface area contributed by atoms with Gasteiger partial charge in [0.2, 0.25) is 0 Å². The van der Waals surface area contributed by atoms with Crippen LogP contribution in [0.3, 0.4) is 0 Å². The van der Waals surface area contributed by atoms with Gasteiger partial charge in [-0.15, -0.1) is 5.10 Å². The SMILES string of the molecule is CC(C)(C#N)Cn1ncc(N)n1. The highest BCUT2D eigenvalue weighted by Gasteiger charge is 2.18. The summed E-state index contributed by atoms with van der Waals surface area (Å²) in [4.78, 5) is 1.43. The standard InChI is InChI=1S/C7H11N5/c1-7(2,4-8)5-12-10-3-6(9)11-12/h3H,5H2,1-2H3,(H2,9,11). The Bertz CT molecular complexity index is 306. The van der Waals surface area contributed by atoms with E-state index in [4.69, 9.17) is 11.0 Å². The number of nitrogen functional groups attached to an aromatic ring is 1. The molecule has 0 atom stereocenters. The van der Waals surface area contributed by atoms with Crippen molar-refractivity contribution in [3.63, 3.8) is 0 Å². The van der Waals surface area contributed by atoms with Crippen molar-refractivity contribution in [3.8, 4) is 6.07 Å². The molecule has 5 heteroatoms. The van der Waals surface area contributed by atoms with Crippen LogP contribution in [0.25, 0.3) is 0 Å². The Morgan fingerprint density at radius 1 is 1.75 bits per heavy atom. The Kier molecular flexibility index (Phi) is 2.00. The van der Waals surface area contributed by atoms with Crippen LogP contribution in [0.2, 0.25) is 0 Å². The minimum absolute atomic E-state index is 0.378. The van der Waals surface area contributed by atoms with E-state index in [2.05, 4.69) is 16.3 Å². The molecule has 0 aliphatic rings. The van der Waals surface area contributed by atoms with Gasteiger partial charge in [-0.05, 0) is 13.8 Å². The Morgan fingerprint density at radius 3 is 2.83 bits per heavy atom. The maximum Gasteiger partial charge on any atom is 0.165 e. The normalized spacial score (nSPS) is 11.1. The van der Waals surface area contributed by atoms with E-state index in [1.807, 2.05) is 13.8 Å². The fraction of sp³-hybridized carbons (Fsp3) is 0.571. The van der Waals surface area contributed by atoms with Crippen molar-refractivity contribution in [2.75, 3.05) is 5.73 Å². The van der Waals surface area contributed by atoms with Gasteiger partial charge in [0.1, 0.15) is 0 Å². The third kappa shape index (κ3) is 1.95. The lowest BCUT2D eigenvalue weighted by Crippen LogP contribution is -2.19. The third-order valence-electron chi connectivity index (χ3n) is 1.39. The molecule has 64 valence electrons. The van der Waals surface area contributed by atoms with E-state index in [9.17, 15) is 0 Å². The van der Waals surface area contributed by atoms with E-state index < -0.39 is 5.41 Å². The van der Waals surface area contributed by atoms with E-state index in [1.165, 1.54) is 11.0 Å². The van der Waals surface area contributed by atoms with Crippen LogP contribution in [0.4, 0.5) is 5.82 Å². The molecule has 1 rings (SSSR count). The summed E-state index contributed by atoms with van der Waals surface area (Å²) in [7, 11) is 0. The molecule has 5 nitrogen and oxygen atoms in total. The van der Waals surface area contributed by atoms with Crippen molar-refractivity contribution in [2.24, 2.45) is 5.41 Å². The summed E-state index contributed by atoms with van der Waals surface area (Å²) in [6.45, 7) is 4.11. The van der Waals surface area contributed by atoms with Crippen LogP contribution >= 0.6 is 0 Å². The maximum absolute atomic E-state index is 8.71. The molecule has 0 aromatic carbocycles. The molecule has 0 aliphatic heterocycles. The molecule has 0 saturated heterocycles. The number of hydrogen-bond acceptors (Lipinski definition) is 4. The molecule has 0 spiro atoms. The zero-order chi connectivity index (χ0) is 9.19. The minimum Gasteiger partial charge on any atom is -0.381 e. The Hall–Kier alpha value is -1.57. The van der Waals surface area contributed by atoms with Gasteiger partial charge in [0.25, 0.3) is 0 Å². The molecular formula is C7H11N5. The molecule has 2 N–H and O–H groups in total. The van der Waals surface area contributed by atoms with Crippen LogP contribution in [0.1, 0.15) is 13.8 Å². The Balaban J connectivity index is 2.72. The van der Waals surface area contributed by atoms with Gasteiger partial charge >= 0.3 is 0 Å². The number of aromatic nitrogens is 3. The highest BCUT2D eigenvalue weighted by Crippen LogP contribution is 2.14. The van der Waals surface area contributed by atoms with Gasteiger partial charge in [-0.3, -0.25) is 0 Å². The van der Waals surface area contributed by atoms with Gasteiger partial charge in [-0.2, -0.15) is 15.2 Å². The summed E-state index contributed by atoms with van der Waals surface area (Å²) < 4.78 is 0. The number of nitrogens with two attached hydrogens (primary N) is 1. The summed E-state index contributed by atoms with van der Waals surface area (Å²) >= 11 is 0. The van der Waals surface area contributed by atoms with Crippen LogP contribution in [0, 0.1) is 16.7 Å². The van der Waals surface area contributed by atoms with Gasteiger partial charge in [-0.25, -0.2) is 0 Å². The van der Waals surface area contributed by atoms with Gasteiger partial charge in [0, 0.05) is 0 Å². The first-order valence-electron chi connectivity index (χ1n) is 3.60. The Labute approximate surface area is 70.8 Å². The number of nitrogens with zero attached hydrogens (tertiary/aromatic N) is 4. The van der Waals surface area contributed by atoms with Crippen LogP contribution < -0.4 is 5.73 Å². The first-order valence-corrected chi connectivity index (χ1v) is 3.60. The van der Waals surface area contributed by atoms with E-state index in [1.54, 1.807) is 0 Å². The van der Waals surface area contributed by atoms with Gasteiger partial charge < -0.3 is 5.73 Å². The van der Waals surface area contributed by atoms with Gasteiger partial charge in [0.05, 0.1) is 24.2 Å². The molecule has 1 heterocycles. The van der Waals surface area contributed by atoms with Crippen LogP contribution in [0.5, 0.6) is 0 Å². The van der Waals surface area contributed by atoms with E-state index in [0.29, 0.717) is 12.4 Å². The summed E-state index contributed by atoms with van der Waals surface area (Å²) in [5.41, 5.74) is 4.91. The lowest BCUT2D eigenvalue weighted by atomic mass is 9.96. The molecular weight excluding hydrogens is 154 g/mol. The second-order valence-corrected chi connectivity index (χ2v) is 3.30. The molecule has 1 aromatic rings. The second kappa shape index (κ2) is 2.81. The summed E-state index contributed by atoms with van der Waals surface area (Å²) in [6, 6.07) is 2.16. The second-order valence-electron chi connectivity index (χ2n) is 3.30. The first-order chi connectivity index (χ1) is 5.53. The van der Waals surface area contributed by atoms with Gasteiger partial charge in [-0.1, -0.05) is 0 Å². The zero-order valence-corrected chi connectivity index (χ0v) is 7.15. The highest BCUT2D eigenvalue weighted by molar-refractivity contribution is 5.19. The molecule has 1 aromatic heterocycles. The van der Waals surface area contributed by atoms with Crippen molar-refractivity contribution in [2.45, 2.75) is 20.4 Å². The number of anilines is 1. The molecule has 0 aliphatic carbocycles. The lowest BCUT2D eigenvalue weighted by Gasteiger charge is -2.12. The minimum atomic E-state index is -0.453. The predicted octanol–water partition coefficient (Wildman–Crippen LogP) is 0.410. The van der Waals surface area contributed by atoms with E-state index >= 15 is 0 Å². The van der Waals surface area contributed by atoms with Crippen molar-refractivity contribution in [1.29, 1.82) is 5.26 Å². The van der Waals surface area contributed by atoms with Gasteiger partial charge in [0.15, 0.2) is 5.82 Å². The third-order valence-corrected chi connectivity index (χ3v) is 1.39.